The minimum absolute atomic E-state index is 0.148. The second-order valence-electron chi connectivity index (χ2n) is 2.45. The molecule has 0 saturated carbocycles. The van der Waals surface area contributed by atoms with Crippen LogP contribution < -0.4 is 5.73 Å². The van der Waals surface area contributed by atoms with E-state index in [2.05, 4.69) is 25.6 Å². The molecule has 2 aromatic rings. The highest BCUT2D eigenvalue weighted by molar-refractivity contribution is 5.79. The average molecular weight is 189 g/mol. The van der Waals surface area contributed by atoms with E-state index in [0.717, 1.165) is 10.4 Å². The highest BCUT2D eigenvalue weighted by Gasteiger charge is 1.95. The van der Waals surface area contributed by atoms with Crippen molar-refractivity contribution in [2.45, 2.75) is 0 Å². The van der Waals surface area contributed by atoms with E-state index in [-0.39, 0.29) is 5.95 Å². The van der Waals surface area contributed by atoms with Gasteiger partial charge < -0.3 is 5.73 Å². The Morgan fingerprint density at radius 3 is 2.79 bits per heavy atom. The standard InChI is InChI=1S/C7H7N7/c8-7-11-12-13-14(7)10-5-6-1-3-9-4-2-6/h1-5H,(H2,8,11,13)/b10-5+. The number of pyridine rings is 1. The van der Waals surface area contributed by atoms with Crippen LogP contribution in [0, 0.1) is 0 Å². The molecule has 0 bridgehead atoms. The molecule has 2 aromatic heterocycles. The summed E-state index contributed by atoms with van der Waals surface area (Å²) in [6.07, 6.45) is 4.93. The normalized spacial score (nSPS) is 10.9. The summed E-state index contributed by atoms with van der Waals surface area (Å²) in [5, 5.41) is 14.3. The van der Waals surface area contributed by atoms with E-state index in [1.807, 2.05) is 12.1 Å². The molecule has 2 N–H and O–H groups in total. The Bertz CT molecular complexity index is 432. The van der Waals surface area contributed by atoms with Gasteiger partial charge in [0, 0.05) is 12.4 Å². The van der Waals surface area contributed by atoms with E-state index in [4.69, 9.17) is 5.73 Å². The highest BCUT2D eigenvalue weighted by atomic mass is 15.7. The van der Waals surface area contributed by atoms with Crippen LogP contribution >= 0.6 is 0 Å². The first-order chi connectivity index (χ1) is 6.86. The van der Waals surface area contributed by atoms with Crippen LogP contribution in [0.2, 0.25) is 0 Å². The maximum Gasteiger partial charge on any atom is 0.263 e. The van der Waals surface area contributed by atoms with Gasteiger partial charge in [0.1, 0.15) is 0 Å². The summed E-state index contributed by atoms with van der Waals surface area (Å²) in [6.45, 7) is 0. The Labute approximate surface area is 79.3 Å². The van der Waals surface area contributed by atoms with Gasteiger partial charge in [-0.25, -0.2) is 0 Å². The minimum Gasteiger partial charge on any atom is -0.365 e. The predicted molar refractivity (Wildman–Crippen MR) is 49.5 cm³/mol. The van der Waals surface area contributed by atoms with Gasteiger partial charge in [-0.05, 0) is 28.1 Å². The molecule has 0 spiro atoms. The SMILES string of the molecule is Nc1nnnn1/N=C/c1ccncc1. The molecule has 0 amide bonds. The Kier molecular flexibility index (Phi) is 2.14. The summed E-state index contributed by atoms with van der Waals surface area (Å²) in [7, 11) is 0. The summed E-state index contributed by atoms with van der Waals surface area (Å²) in [5.41, 5.74) is 6.30. The third kappa shape index (κ3) is 1.71. The van der Waals surface area contributed by atoms with E-state index < -0.39 is 0 Å². The molecular weight excluding hydrogens is 182 g/mol. The zero-order valence-corrected chi connectivity index (χ0v) is 7.15. The lowest BCUT2D eigenvalue weighted by molar-refractivity contribution is 0.699. The quantitative estimate of drug-likeness (QED) is 0.644. The van der Waals surface area contributed by atoms with Crippen molar-refractivity contribution in [1.82, 2.24) is 25.3 Å². The highest BCUT2D eigenvalue weighted by Crippen LogP contribution is 1.94. The molecule has 0 aliphatic carbocycles. The minimum atomic E-state index is 0.148. The first kappa shape index (κ1) is 8.30. The lowest BCUT2D eigenvalue weighted by Crippen LogP contribution is -1.99. The van der Waals surface area contributed by atoms with Gasteiger partial charge in [-0.15, -0.1) is 0 Å². The number of nitrogens with zero attached hydrogens (tertiary/aromatic N) is 6. The monoisotopic (exact) mass is 189 g/mol. The van der Waals surface area contributed by atoms with Gasteiger partial charge in [0.05, 0.1) is 6.21 Å². The van der Waals surface area contributed by atoms with Gasteiger partial charge >= 0.3 is 0 Å². The number of tetrazole rings is 1. The molecule has 0 fully saturated rings. The van der Waals surface area contributed by atoms with Gasteiger partial charge in [-0.2, -0.15) is 5.10 Å². The zero-order valence-electron chi connectivity index (χ0n) is 7.15. The lowest BCUT2D eigenvalue weighted by atomic mass is 10.3. The first-order valence-corrected chi connectivity index (χ1v) is 3.84. The lowest BCUT2D eigenvalue weighted by Gasteiger charge is -1.91. The zero-order chi connectivity index (χ0) is 9.80. The largest absolute Gasteiger partial charge is 0.365 e. The van der Waals surface area contributed by atoms with Crippen molar-refractivity contribution in [1.29, 1.82) is 0 Å². The molecule has 70 valence electrons. The molecule has 14 heavy (non-hydrogen) atoms. The number of hydrogen-bond donors (Lipinski definition) is 1. The van der Waals surface area contributed by atoms with Crippen LogP contribution in [-0.2, 0) is 0 Å². The molecule has 7 nitrogen and oxygen atoms in total. The van der Waals surface area contributed by atoms with Crippen LogP contribution in [0.4, 0.5) is 5.95 Å². The number of hydrogen-bond acceptors (Lipinski definition) is 6. The third-order valence-corrected chi connectivity index (χ3v) is 1.50. The number of rotatable bonds is 2. The molecule has 0 aliphatic rings. The fourth-order valence-electron chi connectivity index (χ4n) is 0.843. The average Bonchev–Trinajstić information content (AvgIpc) is 2.63. The number of anilines is 1. The molecule has 0 atom stereocenters. The van der Waals surface area contributed by atoms with Gasteiger partial charge in [0.2, 0.25) is 0 Å². The molecule has 7 heteroatoms. The van der Waals surface area contributed by atoms with Crippen LogP contribution in [-0.4, -0.2) is 31.5 Å². The molecule has 0 aromatic carbocycles. The van der Waals surface area contributed by atoms with Crippen molar-refractivity contribution in [3.05, 3.63) is 30.1 Å². The molecule has 2 rings (SSSR count). The fourth-order valence-corrected chi connectivity index (χ4v) is 0.843. The molecular formula is C7H7N7. The van der Waals surface area contributed by atoms with Crippen LogP contribution in [0.1, 0.15) is 5.56 Å². The maximum absolute atomic E-state index is 5.41. The van der Waals surface area contributed by atoms with Crippen molar-refractivity contribution in [2.24, 2.45) is 5.10 Å². The van der Waals surface area contributed by atoms with Crippen molar-refractivity contribution in [2.75, 3.05) is 5.73 Å². The van der Waals surface area contributed by atoms with Gasteiger partial charge in [-0.1, -0.05) is 9.89 Å². The van der Waals surface area contributed by atoms with Crippen molar-refractivity contribution < 1.29 is 0 Å². The van der Waals surface area contributed by atoms with Crippen LogP contribution in [0.15, 0.2) is 29.6 Å². The van der Waals surface area contributed by atoms with E-state index in [1.165, 1.54) is 0 Å². The van der Waals surface area contributed by atoms with Crippen LogP contribution in [0.3, 0.4) is 0 Å². The second-order valence-corrected chi connectivity index (χ2v) is 2.45. The van der Waals surface area contributed by atoms with E-state index in [0.29, 0.717) is 0 Å². The van der Waals surface area contributed by atoms with E-state index in [1.54, 1.807) is 18.6 Å². The number of nitrogen functional groups attached to an aromatic ring is 1. The summed E-state index contributed by atoms with van der Waals surface area (Å²) >= 11 is 0. The summed E-state index contributed by atoms with van der Waals surface area (Å²) in [5.74, 6) is 0.148. The summed E-state index contributed by atoms with van der Waals surface area (Å²) in [4.78, 5) is 5.01. The van der Waals surface area contributed by atoms with Gasteiger partial charge in [0.25, 0.3) is 5.95 Å². The molecule has 2 heterocycles. The van der Waals surface area contributed by atoms with Crippen LogP contribution in [0.25, 0.3) is 0 Å². The van der Waals surface area contributed by atoms with E-state index in [9.17, 15) is 0 Å². The molecule has 0 radical (unpaired) electrons. The smallest absolute Gasteiger partial charge is 0.263 e. The molecule has 0 saturated heterocycles. The second kappa shape index (κ2) is 3.60. The molecule has 0 aliphatic heterocycles. The van der Waals surface area contributed by atoms with Crippen LogP contribution in [0.5, 0.6) is 0 Å². The predicted octanol–water partition coefficient (Wildman–Crippen LogP) is -0.468. The Morgan fingerprint density at radius 2 is 2.14 bits per heavy atom. The van der Waals surface area contributed by atoms with Crippen molar-refractivity contribution in [3.8, 4) is 0 Å². The number of nitrogens with two attached hydrogens (primary N) is 1. The first-order valence-electron chi connectivity index (χ1n) is 3.84. The number of aromatic nitrogens is 5. The van der Waals surface area contributed by atoms with Gasteiger partial charge in [0.15, 0.2) is 0 Å². The Hall–Kier alpha value is -2.31. The third-order valence-electron chi connectivity index (χ3n) is 1.50. The van der Waals surface area contributed by atoms with E-state index >= 15 is 0 Å². The molecule has 0 unspecified atom stereocenters. The summed E-state index contributed by atoms with van der Waals surface area (Å²) in [6, 6.07) is 3.62. The Balaban J connectivity index is 2.20. The topological polar surface area (TPSA) is 94.9 Å². The Morgan fingerprint density at radius 1 is 1.36 bits per heavy atom. The van der Waals surface area contributed by atoms with Crippen molar-refractivity contribution >= 4 is 12.2 Å². The maximum atomic E-state index is 5.41. The van der Waals surface area contributed by atoms with Gasteiger partial charge in [-0.3, -0.25) is 4.98 Å². The fraction of sp³-hybridized carbons (Fsp3) is 0. The summed E-state index contributed by atoms with van der Waals surface area (Å²) < 4.78 is 0. The van der Waals surface area contributed by atoms with Crippen molar-refractivity contribution in [3.63, 3.8) is 0 Å².